The lowest BCUT2D eigenvalue weighted by atomic mass is 10.1. The second-order valence-electron chi connectivity index (χ2n) is 5.49. The van der Waals surface area contributed by atoms with E-state index in [1.807, 2.05) is 13.8 Å². The molecule has 1 atom stereocenters. The summed E-state index contributed by atoms with van der Waals surface area (Å²) in [5, 5.41) is 12.3. The highest BCUT2D eigenvalue weighted by atomic mass is 16.3. The first kappa shape index (κ1) is 17.4. The molecule has 0 radical (unpaired) electrons. The number of hydrogen-bond donors (Lipinski definition) is 2. The Bertz CT molecular complexity index is 205. The minimum Gasteiger partial charge on any atom is -0.391 e. The van der Waals surface area contributed by atoms with Gasteiger partial charge in [0.1, 0.15) is 0 Å². The van der Waals surface area contributed by atoms with Crippen molar-refractivity contribution in [1.29, 1.82) is 0 Å². The third-order valence-corrected chi connectivity index (χ3v) is 3.29. The minimum absolute atomic E-state index is 0.0725. The predicted molar refractivity (Wildman–Crippen MR) is 76.5 cm³/mol. The highest BCUT2D eigenvalue weighted by molar-refractivity contribution is 5.75. The van der Waals surface area contributed by atoms with E-state index in [2.05, 4.69) is 12.2 Å². The molecule has 0 aliphatic carbocycles. The Morgan fingerprint density at radius 1 is 1.06 bits per heavy atom. The molecule has 0 spiro atoms. The van der Waals surface area contributed by atoms with E-state index in [0.717, 1.165) is 12.8 Å². The normalized spacial score (nSPS) is 12.7. The molecule has 2 N–H and O–H groups in total. The maximum absolute atomic E-state index is 11.5. The van der Waals surface area contributed by atoms with Crippen LogP contribution in [-0.2, 0) is 4.79 Å². The molecule has 0 bridgehead atoms. The van der Waals surface area contributed by atoms with Crippen molar-refractivity contribution >= 4 is 5.91 Å². The molecule has 18 heavy (non-hydrogen) atoms. The Labute approximate surface area is 112 Å². The topological polar surface area (TPSA) is 49.3 Å². The van der Waals surface area contributed by atoms with Crippen LogP contribution in [0.2, 0.25) is 0 Å². The summed E-state index contributed by atoms with van der Waals surface area (Å²) in [6.45, 7) is 6.50. The second-order valence-corrected chi connectivity index (χ2v) is 5.49. The quantitative estimate of drug-likeness (QED) is 0.558. The number of carbonyl (C=O) groups excluding carboxylic acids is 1. The van der Waals surface area contributed by atoms with Gasteiger partial charge in [0.2, 0.25) is 5.91 Å². The van der Waals surface area contributed by atoms with E-state index in [4.69, 9.17) is 0 Å². The fourth-order valence-corrected chi connectivity index (χ4v) is 1.79. The maximum Gasteiger partial charge on any atom is 0.220 e. The summed E-state index contributed by atoms with van der Waals surface area (Å²) in [6.07, 6.45) is 8.74. The molecule has 108 valence electrons. The molecule has 3 nitrogen and oxygen atoms in total. The second kappa shape index (κ2) is 11.5. The number of carbonyl (C=O) groups is 1. The molecule has 0 aromatic carbocycles. The van der Waals surface area contributed by atoms with Crippen molar-refractivity contribution in [2.75, 3.05) is 6.54 Å². The minimum atomic E-state index is -0.428. The van der Waals surface area contributed by atoms with Crippen LogP contribution in [-0.4, -0.2) is 23.7 Å². The zero-order valence-electron chi connectivity index (χ0n) is 12.4. The number of aliphatic hydroxyl groups is 1. The summed E-state index contributed by atoms with van der Waals surface area (Å²) in [6, 6.07) is 0. The molecule has 0 aromatic heterocycles. The molecule has 1 amide bonds. The van der Waals surface area contributed by atoms with Crippen LogP contribution in [0, 0.1) is 5.92 Å². The summed E-state index contributed by atoms with van der Waals surface area (Å²) in [5.74, 6) is 0.270. The molecule has 0 rings (SSSR count). The van der Waals surface area contributed by atoms with Crippen molar-refractivity contribution in [3.05, 3.63) is 0 Å². The van der Waals surface area contributed by atoms with Crippen molar-refractivity contribution in [3.63, 3.8) is 0 Å². The summed E-state index contributed by atoms with van der Waals surface area (Å²) in [4.78, 5) is 11.5. The Kier molecular flexibility index (Phi) is 11.2. The van der Waals surface area contributed by atoms with Crippen LogP contribution in [0.15, 0.2) is 0 Å². The molecular formula is C15H31NO2. The number of rotatable bonds is 11. The van der Waals surface area contributed by atoms with Gasteiger partial charge in [0.25, 0.3) is 0 Å². The fourth-order valence-electron chi connectivity index (χ4n) is 1.79. The summed E-state index contributed by atoms with van der Waals surface area (Å²) < 4.78 is 0. The molecule has 0 fully saturated rings. The first-order valence-corrected chi connectivity index (χ1v) is 7.52. The third kappa shape index (κ3) is 10.6. The highest BCUT2D eigenvalue weighted by Crippen LogP contribution is 2.08. The van der Waals surface area contributed by atoms with Crippen molar-refractivity contribution in [1.82, 2.24) is 5.32 Å². The van der Waals surface area contributed by atoms with Gasteiger partial charge in [-0.2, -0.15) is 0 Å². The van der Waals surface area contributed by atoms with Gasteiger partial charge in [-0.05, 0) is 12.3 Å². The lowest BCUT2D eigenvalue weighted by Crippen LogP contribution is -2.34. The van der Waals surface area contributed by atoms with Crippen LogP contribution in [0.5, 0.6) is 0 Å². The van der Waals surface area contributed by atoms with E-state index < -0.39 is 6.10 Å². The van der Waals surface area contributed by atoms with E-state index in [1.54, 1.807) is 0 Å². The number of amides is 1. The van der Waals surface area contributed by atoms with Crippen LogP contribution in [0.3, 0.4) is 0 Å². The van der Waals surface area contributed by atoms with E-state index >= 15 is 0 Å². The van der Waals surface area contributed by atoms with Crippen molar-refractivity contribution in [2.24, 2.45) is 5.92 Å². The molecular weight excluding hydrogens is 226 g/mol. The van der Waals surface area contributed by atoms with Crippen LogP contribution >= 0.6 is 0 Å². The van der Waals surface area contributed by atoms with Gasteiger partial charge in [0, 0.05) is 13.0 Å². The smallest absolute Gasteiger partial charge is 0.220 e. The average Bonchev–Trinajstić information content (AvgIpc) is 2.34. The highest BCUT2D eigenvalue weighted by Gasteiger charge is 2.10. The van der Waals surface area contributed by atoms with Gasteiger partial charge in [0.15, 0.2) is 0 Å². The lowest BCUT2D eigenvalue weighted by Gasteiger charge is -2.14. The van der Waals surface area contributed by atoms with Crippen LogP contribution in [0.1, 0.15) is 72.1 Å². The SMILES string of the molecule is CCCCCCCCCC(=O)NCC(O)C(C)C. The fraction of sp³-hybridized carbons (Fsp3) is 0.933. The first-order chi connectivity index (χ1) is 8.57. The third-order valence-electron chi connectivity index (χ3n) is 3.29. The molecule has 0 aliphatic rings. The van der Waals surface area contributed by atoms with Crippen molar-refractivity contribution in [3.8, 4) is 0 Å². The molecule has 0 aromatic rings. The van der Waals surface area contributed by atoms with Gasteiger partial charge >= 0.3 is 0 Å². The van der Waals surface area contributed by atoms with E-state index in [-0.39, 0.29) is 11.8 Å². The zero-order valence-corrected chi connectivity index (χ0v) is 12.4. The van der Waals surface area contributed by atoms with Crippen LogP contribution in [0.25, 0.3) is 0 Å². The summed E-state index contributed by atoms with van der Waals surface area (Å²) >= 11 is 0. The predicted octanol–water partition coefficient (Wildman–Crippen LogP) is 3.26. The lowest BCUT2D eigenvalue weighted by molar-refractivity contribution is -0.121. The number of hydrogen-bond acceptors (Lipinski definition) is 2. The summed E-state index contributed by atoms with van der Waals surface area (Å²) in [5.41, 5.74) is 0. The van der Waals surface area contributed by atoms with Gasteiger partial charge in [-0.3, -0.25) is 4.79 Å². The number of aliphatic hydroxyl groups excluding tert-OH is 1. The Morgan fingerprint density at radius 3 is 2.17 bits per heavy atom. The Hall–Kier alpha value is -0.570. The van der Waals surface area contributed by atoms with E-state index in [1.165, 1.54) is 32.1 Å². The van der Waals surface area contributed by atoms with Crippen molar-refractivity contribution in [2.45, 2.75) is 78.2 Å². The first-order valence-electron chi connectivity index (χ1n) is 7.52. The maximum atomic E-state index is 11.5. The number of nitrogens with one attached hydrogen (secondary N) is 1. The van der Waals surface area contributed by atoms with E-state index in [9.17, 15) is 9.90 Å². The molecule has 1 unspecified atom stereocenters. The van der Waals surface area contributed by atoms with E-state index in [0.29, 0.717) is 13.0 Å². The van der Waals surface area contributed by atoms with Gasteiger partial charge in [-0.25, -0.2) is 0 Å². The van der Waals surface area contributed by atoms with Crippen LogP contribution in [0.4, 0.5) is 0 Å². The molecule has 0 aliphatic heterocycles. The molecule has 3 heteroatoms. The standard InChI is InChI=1S/C15H31NO2/c1-4-5-6-7-8-9-10-11-15(18)16-12-14(17)13(2)3/h13-14,17H,4-12H2,1-3H3,(H,16,18). The molecule has 0 saturated carbocycles. The zero-order chi connectivity index (χ0) is 13.8. The van der Waals surface area contributed by atoms with Crippen LogP contribution < -0.4 is 5.32 Å². The molecule has 0 heterocycles. The van der Waals surface area contributed by atoms with Crippen molar-refractivity contribution < 1.29 is 9.90 Å². The Morgan fingerprint density at radius 2 is 1.61 bits per heavy atom. The number of unbranched alkanes of at least 4 members (excludes halogenated alkanes) is 6. The monoisotopic (exact) mass is 257 g/mol. The van der Waals surface area contributed by atoms with Gasteiger partial charge < -0.3 is 10.4 Å². The Balaban J connectivity index is 3.32. The average molecular weight is 257 g/mol. The molecule has 0 saturated heterocycles. The van der Waals surface area contributed by atoms with Gasteiger partial charge in [-0.1, -0.05) is 59.3 Å². The van der Waals surface area contributed by atoms with Gasteiger partial charge in [-0.15, -0.1) is 0 Å². The van der Waals surface area contributed by atoms with Gasteiger partial charge in [0.05, 0.1) is 6.10 Å². The largest absolute Gasteiger partial charge is 0.391 e. The summed E-state index contributed by atoms with van der Waals surface area (Å²) in [7, 11) is 0.